The maximum atomic E-state index is 13.1. The summed E-state index contributed by atoms with van der Waals surface area (Å²) < 4.78 is 0. The number of nitrogens with two attached hydrogens (primary N) is 1. The van der Waals surface area contributed by atoms with Crippen LogP contribution < -0.4 is 21.7 Å². The van der Waals surface area contributed by atoms with Crippen LogP contribution in [-0.4, -0.2) is 81.9 Å². The lowest BCUT2D eigenvalue weighted by Gasteiger charge is -2.25. The lowest BCUT2D eigenvalue weighted by atomic mass is 10.0. The monoisotopic (exact) mass is 500 g/mol. The minimum Gasteiger partial charge on any atom is -0.480 e. The lowest BCUT2D eigenvalue weighted by molar-refractivity contribution is -0.141. The molecule has 1 aromatic rings. The topological polar surface area (TPSA) is 171 Å². The zero-order valence-corrected chi connectivity index (χ0v) is 20.3. The number of carboxylic acids is 1. The molecule has 0 aliphatic carbocycles. The molecule has 0 saturated heterocycles. The summed E-state index contributed by atoms with van der Waals surface area (Å²) in [4.78, 5) is 49.4. The number of aliphatic hydroxyl groups is 1. The van der Waals surface area contributed by atoms with Gasteiger partial charge in [0.2, 0.25) is 17.7 Å². The molecule has 1 rings (SSSR count). The Hall–Kier alpha value is -2.28. The van der Waals surface area contributed by atoms with Crippen molar-refractivity contribution in [2.24, 2.45) is 5.73 Å². The van der Waals surface area contributed by atoms with E-state index in [1.807, 2.05) is 12.3 Å². The second-order valence-electron chi connectivity index (χ2n) is 7.44. The molecular weight excluding hydrogens is 468 g/mol. The molecule has 5 atom stereocenters. The van der Waals surface area contributed by atoms with Crippen LogP contribution in [0, 0.1) is 0 Å². The summed E-state index contributed by atoms with van der Waals surface area (Å²) in [5.41, 5.74) is 6.45. The zero-order chi connectivity index (χ0) is 25.0. The number of benzene rings is 1. The number of carboxylic acid groups (broad SMARTS) is 1. The van der Waals surface area contributed by atoms with E-state index in [1.54, 1.807) is 24.3 Å². The number of thioether (sulfide) groups is 1. The van der Waals surface area contributed by atoms with Crippen molar-refractivity contribution in [3.8, 4) is 0 Å². The van der Waals surface area contributed by atoms with Crippen molar-refractivity contribution in [3.05, 3.63) is 35.9 Å². The molecule has 0 radical (unpaired) electrons. The molecule has 12 heteroatoms. The van der Waals surface area contributed by atoms with Crippen molar-refractivity contribution >= 4 is 48.1 Å². The number of hydrogen-bond acceptors (Lipinski definition) is 8. The predicted octanol–water partition coefficient (Wildman–Crippen LogP) is -0.841. The van der Waals surface area contributed by atoms with E-state index < -0.39 is 54.0 Å². The van der Waals surface area contributed by atoms with E-state index in [0.29, 0.717) is 5.75 Å². The second-order valence-corrected chi connectivity index (χ2v) is 8.79. The molecule has 0 aliphatic heterocycles. The van der Waals surface area contributed by atoms with Crippen molar-refractivity contribution in [3.63, 3.8) is 0 Å². The maximum Gasteiger partial charge on any atom is 0.327 e. The molecule has 0 saturated carbocycles. The van der Waals surface area contributed by atoms with Gasteiger partial charge >= 0.3 is 5.97 Å². The van der Waals surface area contributed by atoms with Gasteiger partial charge in [-0.25, -0.2) is 4.79 Å². The Kier molecular flexibility index (Phi) is 12.9. The van der Waals surface area contributed by atoms with E-state index in [2.05, 4.69) is 28.6 Å². The standard InChI is InChI=1S/C21H32N4O6S2/c1-12(26)17(22)20(29)24-15(10-13-6-4-3-5-7-13)19(28)23-14(8-9-33-2)18(27)25-16(11-32)21(30)31/h3-7,12,14-17,26,32H,8-11,22H2,1-2H3,(H,23,28)(H,24,29)(H,25,27)(H,30,31). The van der Waals surface area contributed by atoms with Crippen LogP contribution in [0.3, 0.4) is 0 Å². The minimum atomic E-state index is -1.24. The summed E-state index contributed by atoms with van der Waals surface area (Å²) in [7, 11) is 0. The average Bonchev–Trinajstić information content (AvgIpc) is 2.79. The van der Waals surface area contributed by atoms with Crippen LogP contribution in [0.4, 0.5) is 0 Å². The van der Waals surface area contributed by atoms with Crippen molar-refractivity contribution in [2.75, 3.05) is 17.8 Å². The quantitative estimate of drug-likeness (QED) is 0.162. The second kappa shape index (κ2) is 14.8. The Bertz CT molecular complexity index is 796. The largest absolute Gasteiger partial charge is 0.480 e. The number of amides is 3. The molecule has 184 valence electrons. The van der Waals surface area contributed by atoms with Crippen molar-refractivity contribution in [1.29, 1.82) is 0 Å². The maximum absolute atomic E-state index is 13.1. The number of thiol groups is 1. The third-order valence-electron chi connectivity index (χ3n) is 4.78. The van der Waals surface area contributed by atoms with Crippen LogP contribution in [0.15, 0.2) is 30.3 Å². The third kappa shape index (κ3) is 10.0. The van der Waals surface area contributed by atoms with Crippen LogP contribution in [0.25, 0.3) is 0 Å². The number of aliphatic carboxylic acids is 1. The van der Waals surface area contributed by atoms with Crippen LogP contribution in [0.2, 0.25) is 0 Å². The fraction of sp³-hybridized carbons (Fsp3) is 0.524. The van der Waals surface area contributed by atoms with E-state index in [4.69, 9.17) is 5.73 Å². The lowest BCUT2D eigenvalue weighted by Crippen LogP contribution is -2.58. The number of carbonyl (C=O) groups excluding carboxylic acids is 3. The summed E-state index contributed by atoms with van der Waals surface area (Å²) in [6, 6.07) is 4.39. The first-order valence-electron chi connectivity index (χ1n) is 10.3. The van der Waals surface area contributed by atoms with Crippen LogP contribution in [-0.2, 0) is 25.6 Å². The predicted molar refractivity (Wildman–Crippen MR) is 130 cm³/mol. The van der Waals surface area contributed by atoms with Gasteiger partial charge in [-0.3, -0.25) is 14.4 Å². The first-order chi connectivity index (χ1) is 15.6. The molecular formula is C21H32N4O6S2. The smallest absolute Gasteiger partial charge is 0.327 e. The molecule has 0 heterocycles. The Labute approximate surface area is 202 Å². The fourth-order valence-electron chi connectivity index (χ4n) is 2.78. The Balaban J connectivity index is 3.05. The van der Waals surface area contributed by atoms with Gasteiger partial charge in [-0.1, -0.05) is 30.3 Å². The molecule has 10 nitrogen and oxygen atoms in total. The summed E-state index contributed by atoms with van der Waals surface area (Å²) in [5, 5.41) is 26.3. The molecule has 0 aliphatic rings. The van der Waals surface area contributed by atoms with Gasteiger partial charge in [0.25, 0.3) is 0 Å². The molecule has 0 aromatic heterocycles. The van der Waals surface area contributed by atoms with Crippen LogP contribution in [0.5, 0.6) is 0 Å². The third-order valence-corrected chi connectivity index (χ3v) is 5.79. The molecule has 7 N–H and O–H groups in total. The van der Waals surface area contributed by atoms with Crippen molar-refractivity contribution in [1.82, 2.24) is 16.0 Å². The summed E-state index contributed by atoms with van der Waals surface area (Å²) in [6.45, 7) is 1.36. The first-order valence-corrected chi connectivity index (χ1v) is 12.3. The van der Waals surface area contributed by atoms with Gasteiger partial charge in [0.1, 0.15) is 24.2 Å². The number of rotatable bonds is 14. The van der Waals surface area contributed by atoms with Gasteiger partial charge in [-0.15, -0.1) is 0 Å². The highest BCUT2D eigenvalue weighted by atomic mass is 32.2. The highest BCUT2D eigenvalue weighted by Crippen LogP contribution is 2.07. The number of hydrogen-bond donors (Lipinski definition) is 7. The molecule has 0 bridgehead atoms. The number of aliphatic hydroxyl groups excluding tert-OH is 1. The molecule has 3 amide bonds. The van der Waals surface area contributed by atoms with Crippen LogP contribution >= 0.6 is 24.4 Å². The summed E-state index contributed by atoms with van der Waals surface area (Å²) in [5.74, 6) is -2.84. The number of nitrogens with one attached hydrogen (secondary N) is 3. The molecule has 1 aromatic carbocycles. The number of carbonyl (C=O) groups is 4. The fourth-order valence-corrected chi connectivity index (χ4v) is 3.50. The van der Waals surface area contributed by atoms with Gasteiger partial charge in [-0.2, -0.15) is 24.4 Å². The normalized spacial score (nSPS) is 15.4. The highest BCUT2D eigenvalue weighted by Gasteiger charge is 2.30. The van der Waals surface area contributed by atoms with Gasteiger partial charge in [0.05, 0.1) is 6.10 Å². The van der Waals surface area contributed by atoms with E-state index >= 15 is 0 Å². The minimum absolute atomic E-state index is 0.117. The van der Waals surface area contributed by atoms with Crippen LogP contribution in [0.1, 0.15) is 18.9 Å². The Morgan fingerprint density at radius 3 is 2.06 bits per heavy atom. The molecule has 5 unspecified atom stereocenters. The van der Waals surface area contributed by atoms with Crippen molar-refractivity contribution in [2.45, 2.75) is 50.0 Å². The van der Waals surface area contributed by atoms with E-state index in [9.17, 15) is 29.4 Å². The molecule has 0 spiro atoms. The summed E-state index contributed by atoms with van der Waals surface area (Å²) in [6.07, 6.45) is 1.08. The SMILES string of the molecule is CSCCC(NC(=O)C(Cc1ccccc1)NC(=O)C(N)C(C)O)C(=O)NC(CS)C(=O)O. The van der Waals surface area contributed by atoms with E-state index in [-0.39, 0.29) is 18.6 Å². The molecule has 0 fully saturated rings. The van der Waals surface area contributed by atoms with Gasteiger partial charge in [0, 0.05) is 12.2 Å². The Morgan fingerprint density at radius 1 is 1.00 bits per heavy atom. The first kappa shape index (κ1) is 28.8. The van der Waals surface area contributed by atoms with E-state index in [1.165, 1.54) is 18.7 Å². The average molecular weight is 501 g/mol. The zero-order valence-electron chi connectivity index (χ0n) is 18.6. The van der Waals surface area contributed by atoms with Gasteiger partial charge in [0.15, 0.2) is 0 Å². The van der Waals surface area contributed by atoms with E-state index in [0.717, 1.165) is 5.56 Å². The van der Waals surface area contributed by atoms with Crippen molar-refractivity contribution < 1.29 is 29.4 Å². The summed E-state index contributed by atoms with van der Waals surface area (Å²) >= 11 is 5.39. The molecule has 33 heavy (non-hydrogen) atoms. The van der Waals surface area contributed by atoms with Gasteiger partial charge < -0.3 is 31.9 Å². The van der Waals surface area contributed by atoms with Gasteiger partial charge in [-0.05, 0) is 30.9 Å². The Morgan fingerprint density at radius 2 is 1.55 bits per heavy atom. The highest BCUT2D eigenvalue weighted by molar-refractivity contribution is 7.98.